The van der Waals surface area contributed by atoms with Crippen LogP contribution in [0, 0.1) is 0 Å². The van der Waals surface area contributed by atoms with Crippen LogP contribution in [-0.4, -0.2) is 61.5 Å². The molecule has 2 unspecified atom stereocenters. The van der Waals surface area contributed by atoms with Gasteiger partial charge in [-0.15, -0.1) is 0 Å². The lowest BCUT2D eigenvalue weighted by atomic mass is 10.1. The van der Waals surface area contributed by atoms with Crippen LogP contribution in [0.4, 0.5) is 0 Å². The number of hydrogen-bond acceptors (Lipinski definition) is 7. The summed E-state index contributed by atoms with van der Waals surface area (Å²) in [5.41, 5.74) is 4.84. The summed E-state index contributed by atoms with van der Waals surface area (Å²) in [6.07, 6.45) is 2.54. The van der Waals surface area contributed by atoms with Crippen molar-refractivity contribution in [2.75, 3.05) is 25.9 Å². The van der Waals surface area contributed by atoms with Gasteiger partial charge in [-0.25, -0.2) is 5.43 Å². The van der Waals surface area contributed by atoms with Crippen LogP contribution in [0.3, 0.4) is 0 Å². The largest absolute Gasteiger partial charge is 0.354 e. The highest BCUT2D eigenvalue weighted by atomic mass is 32.1. The number of thiol groups is 1. The fourth-order valence-electron chi connectivity index (χ4n) is 2.11. The minimum Gasteiger partial charge on any atom is -0.354 e. The van der Waals surface area contributed by atoms with E-state index in [2.05, 4.69) is 39.4 Å². The summed E-state index contributed by atoms with van der Waals surface area (Å²) in [4.78, 5) is 46.2. The number of Topliss-reactive ketones (excluding diaryl/α,β-unsaturated/α-hetero) is 1. The van der Waals surface area contributed by atoms with Gasteiger partial charge in [0.2, 0.25) is 17.7 Å². The maximum absolute atomic E-state index is 12.1. The SMILES string of the molecule is CCC(=O)NNCC(=O)NC(CS)C(=O)NCCCCC(NC)C(C)=O. The maximum Gasteiger partial charge on any atom is 0.243 e. The van der Waals surface area contributed by atoms with Crippen LogP contribution in [0.25, 0.3) is 0 Å². The number of carbonyl (C=O) groups is 4. The molecule has 0 heterocycles. The molecule has 150 valence electrons. The Morgan fingerprint density at radius 2 is 1.73 bits per heavy atom. The third-order valence-electron chi connectivity index (χ3n) is 3.69. The Labute approximate surface area is 160 Å². The molecule has 0 rings (SSSR count). The first-order valence-corrected chi connectivity index (χ1v) is 9.36. The van der Waals surface area contributed by atoms with E-state index in [0.29, 0.717) is 19.4 Å². The van der Waals surface area contributed by atoms with Crippen LogP contribution in [-0.2, 0) is 19.2 Å². The summed E-state index contributed by atoms with van der Waals surface area (Å²) in [5.74, 6) is -0.716. The second-order valence-corrected chi connectivity index (χ2v) is 6.16. The molecule has 0 aromatic carbocycles. The second kappa shape index (κ2) is 14.5. The second-order valence-electron chi connectivity index (χ2n) is 5.80. The Hall–Kier alpha value is -1.65. The van der Waals surface area contributed by atoms with Gasteiger partial charge in [-0.3, -0.25) is 24.6 Å². The molecule has 0 saturated carbocycles. The Kier molecular flexibility index (Phi) is 13.6. The summed E-state index contributed by atoms with van der Waals surface area (Å²) >= 11 is 4.08. The van der Waals surface area contributed by atoms with Crippen molar-refractivity contribution in [3.63, 3.8) is 0 Å². The molecule has 0 radical (unpaired) electrons. The smallest absolute Gasteiger partial charge is 0.243 e. The summed E-state index contributed by atoms with van der Waals surface area (Å²) in [5, 5.41) is 8.24. The molecule has 0 saturated heterocycles. The van der Waals surface area contributed by atoms with Crippen molar-refractivity contribution in [1.29, 1.82) is 0 Å². The molecule has 3 amide bonds. The highest BCUT2D eigenvalue weighted by Crippen LogP contribution is 2.01. The molecule has 0 fully saturated rings. The lowest BCUT2D eigenvalue weighted by Crippen LogP contribution is -2.51. The van der Waals surface area contributed by atoms with Gasteiger partial charge >= 0.3 is 0 Å². The molecular formula is C16H31N5O4S. The fraction of sp³-hybridized carbons (Fsp3) is 0.750. The van der Waals surface area contributed by atoms with Gasteiger partial charge in [0.25, 0.3) is 0 Å². The Bertz CT molecular complexity index is 476. The Morgan fingerprint density at radius 3 is 2.27 bits per heavy atom. The van der Waals surface area contributed by atoms with Gasteiger partial charge in [0.05, 0.1) is 12.6 Å². The van der Waals surface area contributed by atoms with Crippen molar-refractivity contribution in [1.82, 2.24) is 26.8 Å². The number of unbranched alkanes of at least 4 members (excludes halogenated alkanes) is 1. The van der Waals surface area contributed by atoms with Gasteiger partial charge < -0.3 is 16.0 Å². The van der Waals surface area contributed by atoms with Crippen molar-refractivity contribution in [2.24, 2.45) is 0 Å². The van der Waals surface area contributed by atoms with E-state index in [1.165, 1.54) is 0 Å². The summed E-state index contributed by atoms with van der Waals surface area (Å²) < 4.78 is 0. The van der Waals surface area contributed by atoms with E-state index >= 15 is 0 Å². The van der Waals surface area contributed by atoms with E-state index in [9.17, 15) is 19.2 Å². The van der Waals surface area contributed by atoms with Gasteiger partial charge in [0.1, 0.15) is 11.8 Å². The molecule has 0 aromatic heterocycles. The standard InChI is InChI=1S/C16H31N5O4S/c1-4-14(23)21-19-9-15(24)20-13(10-26)16(25)18-8-6-5-7-12(17-3)11(2)22/h12-13,17,19,26H,4-10H2,1-3H3,(H,18,25)(H,20,24)(H,21,23). The lowest BCUT2D eigenvalue weighted by molar-refractivity contribution is -0.128. The molecule has 0 aromatic rings. The molecule has 5 N–H and O–H groups in total. The summed E-state index contributed by atoms with van der Waals surface area (Å²) in [6, 6.07) is -0.910. The zero-order valence-corrected chi connectivity index (χ0v) is 16.6. The molecule has 0 aliphatic heterocycles. The topological polar surface area (TPSA) is 128 Å². The average molecular weight is 390 g/mol. The third kappa shape index (κ3) is 11.1. The molecule has 10 heteroatoms. The number of rotatable bonds is 14. The predicted octanol–water partition coefficient (Wildman–Crippen LogP) is -1.10. The monoisotopic (exact) mass is 389 g/mol. The number of amides is 3. The molecule has 0 aliphatic carbocycles. The number of likely N-dealkylation sites (N-methyl/N-ethyl adjacent to an activating group) is 1. The van der Waals surface area contributed by atoms with Crippen LogP contribution in [0.2, 0.25) is 0 Å². The molecule has 0 spiro atoms. The first kappa shape index (κ1) is 24.4. The van der Waals surface area contributed by atoms with E-state index in [0.717, 1.165) is 12.8 Å². The number of nitrogens with one attached hydrogen (secondary N) is 5. The normalized spacial score (nSPS) is 12.8. The number of ketones is 1. The number of carbonyl (C=O) groups excluding carboxylic acids is 4. The quantitative estimate of drug-likeness (QED) is 0.127. The number of hydrogen-bond donors (Lipinski definition) is 6. The van der Waals surface area contributed by atoms with Crippen LogP contribution < -0.4 is 26.8 Å². The van der Waals surface area contributed by atoms with Crippen LogP contribution in [0.5, 0.6) is 0 Å². The minimum absolute atomic E-state index is 0.0955. The first-order chi connectivity index (χ1) is 12.3. The third-order valence-corrected chi connectivity index (χ3v) is 4.06. The first-order valence-electron chi connectivity index (χ1n) is 8.73. The van der Waals surface area contributed by atoms with E-state index in [-0.39, 0.29) is 35.9 Å². The highest BCUT2D eigenvalue weighted by Gasteiger charge is 2.18. The van der Waals surface area contributed by atoms with Gasteiger partial charge in [0.15, 0.2) is 0 Å². The van der Waals surface area contributed by atoms with E-state index in [1.54, 1.807) is 20.9 Å². The van der Waals surface area contributed by atoms with Crippen molar-refractivity contribution in [2.45, 2.75) is 51.6 Å². The minimum atomic E-state index is -0.753. The van der Waals surface area contributed by atoms with Crippen molar-refractivity contribution in [3.05, 3.63) is 0 Å². The van der Waals surface area contributed by atoms with E-state index in [4.69, 9.17) is 0 Å². The highest BCUT2D eigenvalue weighted by molar-refractivity contribution is 7.80. The molecule has 0 bridgehead atoms. The molecule has 26 heavy (non-hydrogen) atoms. The summed E-state index contributed by atoms with van der Waals surface area (Å²) in [6.45, 7) is 3.56. The number of hydrazine groups is 1. The van der Waals surface area contributed by atoms with Crippen LogP contribution >= 0.6 is 12.6 Å². The van der Waals surface area contributed by atoms with Crippen molar-refractivity contribution in [3.8, 4) is 0 Å². The average Bonchev–Trinajstić information content (AvgIpc) is 2.61. The van der Waals surface area contributed by atoms with Gasteiger partial charge in [-0.2, -0.15) is 12.6 Å². The Morgan fingerprint density at radius 1 is 1.04 bits per heavy atom. The van der Waals surface area contributed by atoms with E-state index in [1.807, 2.05) is 0 Å². The van der Waals surface area contributed by atoms with Crippen LogP contribution in [0.15, 0.2) is 0 Å². The lowest BCUT2D eigenvalue weighted by Gasteiger charge is -2.17. The van der Waals surface area contributed by atoms with Crippen molar-refractivity contribution >= 4 is 36.1 Å². The van der Waals surface area contributed by atoms with Gasteiger partial charge in [-0.05, 0) is 33.2 Å². The summed E-state index contributed by atoms with van der Waals surface area (Å²) in [7, 11) is 1.75. The molecule has 0 aliphatic rings. The maximum atomic E-state index is 12.1. The fourth-order valence-corrected chi connectivity index (χ4v) is 2.37. The zero-order chi connectivity index (χ0) is 19.9. The zero-order valence-electron chi connectivity index (χ0n) is 15.7. The Balaban J connectivity index is 4.03. The molecule has 2 atom stereocenters. The van der Waals surface area contributed by atoms with Crippen molar-refractivity contribution < 1.29 is 19.2 Å². The van der Waals surface area contributed by atoms with Crippen LogP contribution in [0.1, 0.15) is 39.5 Å². The van der Waals surface area contributed by atoms with Gasteiger partial charge in [0, 0.05) is 18.7 Å². The molecular weight excluding hydrogens is 358 g/mol. The molecule has 9 nitrogen and oxygen atoms in total. The van der Waals surface area contributed by atoms with E-state index < -0.39 is 11.9 Å². The predicted molar refractivity (Wildman–Crippen MR) is 103 cm³/mol. The van der Waals surface area contributed by atoms with Gasteiger partial charge in [-0.1, -0.05) is 6.92 Å².